The summed E-state index contributed by atoms with van der Waals surface area (Å²) >= 11 is 6.00. The summed E-state index contributed by atoms with van der Waals surface area (Å²) in [5, 5.41) is 0.707. The average molecular weight is 380 g/mol. The van der Waals surface area contributed by atoms with Gasteiger partial charge in [0.15, 0.2) is 5.76 Å². The van der Waals surface area contributed by atoms with E-state index in [0.717, 1.165) is 22.4 Å². The Morgan fingerprint density at radius 1 is 1.11 bits per heavy atom. The summed E-state index contributed by atoms with van der Waals surface area (Å²) in [4.78, 5) is 18.9. The van der Waals surface area contributed by atoms with Crippen LogP contribution >= 0.6 is 11.6 Å². The van der Waals surface area contributed by atoms with E-state index in [2.05, 4.69) is 4.57 Å². The van der Waals surface area contributed by atoms with E-state index in [1.165, 1.54) is 6.26 Å². The van der Waals surface area contributed by atoms with Crippen molar-refractivity contribution in [1.29, 1.82) is 0 Å². The van der Waals surface area contributed by atoms with Crippen LogP contribution in [-0.4, -0.2) is 27.4 Å². The zero-order valence-electron chi connectivity index (χ0n) is 14.8. The molecule has 0 aliphatic rings. The fourth-order valence-electron chi connectivity index (χ4n) is 3.07. The van der Waals surface area contributed by atoms with Crippen LogP contribution in [0, 0.1) is 0 Å². The highest BCUT2D eigenvalue weighted by Gasteiger charge is 2.18. The van der Waals surface area contributed by atoms with Crippen LogP contribution in [0.4, 0.5) is 0 Å². The maximum atomic E-state index is 12.5. The first kappa shape index (κ1) is 17.4. The molecule has 5 nitrogen and oxygen atoms in total. The molecular weight excluding hydrogens is 362 g/mol. The van der Waals surface area contributed by atoms with Gasteiger partial charge in [0, 0.05) is 18.6 Å². The van der Waals surface area contributed by atoms with Gasteiger partial charge in [-0.05, 0) is 42.0 Å². The van der Waals surface area contributed by atoms with Gasteiger partial charge >= 0.3 is 0 Å². The fraction of sp³-hybridized carbons (Fsp3) is 0.143. The molecule has 0 unspecified atom stereocenters. The van der Waals surface area contributed by atoms with Crippen molar-refractivity contribution in [2.24, 2.45) is 0 Å². The lowest BCUT2D eigenvalue weighted by Gasteiger charge is -2.17. The first-order valence-electron chi connectivity index (χ1n) is 8.59. The van der Waals surface area contributed by atoms with Gasteiger partial charge in [0.25, 0.3) is 5.91 Å². The minimum atomic E-state index is -0.176. The molecule has 0 N–H and O–H groups in total. The molecule has 0 saturated carbocycles. The second-order valence-electron chi connectivity index (χ2n) is 6.37. The maximum absolute atomic E-state index is 12.5. The Morgan fingerprint density at radius 3 is 2.63 bits per heavy atom. The van der Waals surface area contributed by atoms with Gasteiger partial charge in [0.05, 0.1) is 23.8 Å². The predicted molar refractivity (Wildman–Crippen MR) is 105 cm³/mol. The summed E-state index contributed by atoms with van der Waals surface area (Å²) in [7, 11) is 1.75. The van der Waals surface area contributed by atoms with Gasteiger partial charge in [-0.25, -0.2) is 4.98 Å². The summed E-state index contributed by atoms with van der Waals surface area (Å²) in [6.07, 6.45) is 1.50. The van der Waals surface area contributed by atoms with Crippen molar-refractivity contribution < 1.29 is 9.21 Å². The molecule has 0 saturated heterocycles. The minimum absolute atomic E-state index is 0.176. The SMILES string of the molecule is CN(Cc1nc2ccccc2n1Cc1ccc(Cl)cc1)C(=O)c1ccco1. The molecule has 6 heteroatoms. The van der Waals surface area contributed by atoms with Gasteiger partial charge in [-0.3, -0.25) is 4.79 Å². The van der Waals surface area contributed by atoms with Crippen LogP contribution in [0.15, 0.2) is 71.3 Å². The molecule has 0 radical (unpaired) electrons. The third-order valence-corrected chi connectivity index (χ3v) is 4.70. The van der Waals surface area contributed by atoms with Gasteiger partial charge in [0.1, 0.15) is 5.82 Å². The van der Waals surface area contributed by atoms with Crippen LogP contribution in [-0.2, 0) is 13.1 Å². The topological polar surface area (TPSA) is 51.3 Å². The van der Waals surface area contributed by atoms with Crippen molar-refractivity contribution >= 4 is 28.5 Å². The molecule has 0 fully saturated rings. The number of carbonyl (C=O) groups excluding carboxylic acids is 1. The van der Waals surface area contributed by atoms with Crippen LogP contribution < -0.4 is 0 Å². The summed E-state index contributed by atoms with van der Waals surface area (Å²) in [5.41, 5.74) is 3.05. The number of imidazole rings is 1. The molecule has 0 aliphatic carbocycles. The standard InChI is InChI=1S/C21H18ClN3O2/c1-24(21(26)19-7-4-12-27-19)14-20-23-17-5-2-3-6-18(17)25(20)13-15-8-10-16(22)11-9-15/h2-12H,13-14H2,1H3. The number of carbonyl (C=O) groups is 1. The molecule has 27 heavy (non-hydrogen) atoms. The molecule has 0 aliphatic heterocycles. The summed E-state index contributed by atoms with van der Waals surface area (Å²) < 4.78 is 7.35. The minimum Gasteiger partial charge on any atom is -0.459 e. The van der Waals surface area contributed by atoms with Crippen molar-refractivity contribution in [2.75, 3.05) is 7.05 Å². The molecule has 0 atom stereocenters. The summed E-state index contributed by atoms with van der Waals surface area (Å²) in [6.45, 7) is 1.03. The van der Waals surface area contributed by atoms with E-state index in [1.807, 2.05) is 48.5 Å². The smallest absolute Gasteiger partial charge is 0.289 e. The van der Waals surface area contributed by atoms with E-state index in [4.69, 9.17) is 21.0 Å². The van der Waals surface area contributed by atoms with Gasteiger partial charge in [-0.15, -0.1) is 0 Å². The highest BCUT2D eigenvalue weighted by molar-refractivity contribution is 6.30. The van der Waals surface area contributed by atoms with Crippen molar-refractivity contribution in [1.82, 2.24) is 14.5 Å². The van der Waals surface area contributed by atoms with Crippen LogP contribution in [0.1, 0.15) is 21.9 Å². The number of halogens is 1. The highest BCUT2D eigenvalue weighted by Crippen LogP contribution is 2.20. The van der Waals surface area contributed by atoms with Crippen LogP contribution in [0.5, 0.6) is 0 Å². The van der Waals surface area contributed by atoms with Crippen LogP contribution in [0.2, 0.25) is 5.02 Å². The van der Waals surface area contributed by atoms with E-state index >= 15 is 0 Å². The lowest BCUT2D eigenvalue weighted by atomic mass is 10.2. The van der Waals surface area contributed by atoms with Gasteiger partial charge in [0.2, 0.25) is 0 Å². The van der Waals surface area contributed by atoms with E-state index in [1.54, 1.807) is 24.1 Å². The first-order chi connectivity index (χ1) is 13.1. The molecule has 4 rings (SSSR count). The van der Waals surface area contributed by atoms with Crippen molar-refractivity contribution in [3.63, 3.8) is 0 Å². The van der Waals surface area contributed by atoms with E-state index in [-0.39, 0.29) is 5.91 Å². The van der Waals surface area contributed by atoms with Crippen molar-refractivity contribution in [3.05, 3.63) is 89.1 Å². The second-order valence-corrected chi connectivity index (χ2v) is 6.80. The van der Waals surface area contributed by atoms with E-state index in [0.29, 0.717) is 23.9 Å². The Balaban J connectivity index is 1.67. The quantitative estimate of drug-likeness (QED) is 0.509. The molecule has 0 bridgehead atoms. The number of hydrogen-bond donors (Lipinski definition) is 0. The van der Waals surface area contributed by atoms with Gasteiger partial charge < -0.3 is 13.9 Å². The molecule has 136 valence electrons. The zero-order valence-corrected chi connectivity index (χ0v) is 15.6. The Morgan fingerprint density at radius 2 is 1.89 bits per heavy atom. The van der Waals surface area contributed by atoms with Crippen molar-refractivity contribution in [2.45, 2.75) is 13.1 Å². The van der Waals surface area contributed by atoms with E-state index in [9.17, 15) is 4.79 Å². The molecule has 2 heterocycles. The molecule has 4 aromatic rings. The number of rotatable bonds is 5. The van der Waals surface area contributed by atoms with E-state index < -0.39 is 0 Å². The number of fused-ring (bicyclic) bond motifs is 1. The third-order valence-electron chi connectivity index (χ3n) is 4.44. The monoisotopic (exact) mass is 379 g/mol. The summed E-state index contributed by atoms with van der Waals surface area (Å²) in [5.74, 6) is 0.955. The average Bonchev–Trinajstić information content (AvgIpc) is 3.32. The number of furan rings is 1. The first-order valence-corrected chi connectivity index (χ1v) is 8.97. The third kappa shape index (κ3) is 3.59. The number of aromatic nitrogens is 2. The number of benzene rings is 2. The largest absolute Gasteiger partial charge is 0.459 e. The number of hydrogen-bond acceptors (Lipinski definition) is 3. The van der Waals surface area contributed by atoms with Gasteiger partial charge in [-0.2, -0.15) is 0 Å². The molecule has 0 spiro atoms. The number of amides is 1. The normalized spacial score (nSPS) is 11.0. The maximum Gasteiger partial charge on any atom is 0.289 e. The molecule has 1 amide bonds. The Kier molecular flexibility index (Phi) is 4.69. The number of para-hydroxylation sites is 2. The predicted octanol–water partition coefficient (Wildman–Crippen LogP) is 4.60. The molecule has 2 aromatic carbocycles. The lowest BCUT2D eigenvalue weighted by molar-refractivity contribution is 0.0749. The molecule has 2 aromatic heterocycles. The Hall–Kier alpha value is -3.05. The zero-order chi connectivity index (χ0) is 18.8. The second kappa shape index (κ2) is 7.29. The van der Waals surface area contributed by atoms with Crippen LogP contribution in [0.25, 0.3) is 11.0 Å². The number of nitrogens with zero attached hydrogens (tertiary/aromatic N) is 3. The summed E-state index contributed by atoms with van der Waals surface area (Å²) in [6, 6.07) is 19.1. The highest BCUT2D eigenvalue weighted by atomic mass is 35.5. The Labute approximate surface area is 161 Å². The Bertz CT molecular complexity index is 1070. The van der Waals surface area contributed by atoms with Crippen LogP contribution in [0.3, 0.4) is 0 Å². The molecular formula is C21H18ClN3O2. The van der Waals surface area contributed by atoms with Crippen molar-refractivity contribution in [3.8, 4) is 0 Å². The lowest BCUT2D eigenvalue weighted by Crippen LogP contribution is -2.27. The fourth-order valence-corrected chi connectivity index (χ4v) is 3.19. The van der Waals surface area contributed by atoms with Gasteiger partial charge in [-0.1, -0.05) is 35.9 Å².